The Bertz CT molecular complexity index is 534. The minimum absolute atomic E-state index is 0.188. The summed E-state index contributed by atoms with van der Waals surface area (Å²) < 4.78 is 15.2. The van der Waals surface area contributed by atoms with E-state index in [0.717, 1.165) is 11.1 Å². The second-order valence-electron chi connectivity index (χ2n) is 4.45. The molecule has 2 aromatic rings. The van der Waals surface area contributed by atoms with Crippen LogP contribution >= 0.6 is 0 Å². The van der Waals surface area contributed by atoms with E-state index < -0.39 is 0 Å². The number of aromatic nitrogens is 3. The molecule has 0 fully saturated rings. The number of hydrogen-bond donors (Lipinski definition) is 1. The van der Waals surface area contributed by atoms with E-state index in [2.05, 4.69) is 15.4 Å². The quantitative estimate of drug-likeness (QED) is 0.903. The zero-order chi connectivity index (χ0) is 13.1. The summed E-state index contributed by atoms with van der Waals surface area (Å²) in [6.45, 7) is 4.71. The SMILES string of the molecule is CNCc1ccc(F)cc1-c1ncnn1C(C)C. The van der Waals surface area contributed by atoms with Gasteiger partial charge >= 0.3 is 0 Å². The molecule has 0 aliphatic heterocycles. The van der Waals surface area contributed by atoms with E-state index in [1.165, 1.54) is 18.5 Å². The molecule has 0 atom stereocenters. The number of nitrogens with zero attached hydrogens (tertiary/aromatic N) is 3. The molecule has 1 aromatic heterocycles. The summed E-state index contributed by atoms with van der Waals surface area (Å²) in [5.74, 6) is 0.443. The van der Waals surface area contributed by atoms with Crippen molar-refractivity contribution in [1.29, 1.82) is 0 Å². The van der Waals surface area contributed by atoms with Gasteiger partial charge in [0.15, 0.2) is 5.82 Å². The Kier molecular flexibility index (Phi) is 3.72. The van der Waals surface area contributed by atoms with Crippen LogP contribution in [0.3, 0.4) is 0 Å². The monoisotopic (exact) mass is 248 g/mol. The second-order valence-corrected chi connectivity index (χ2v) is 4.45. The molecule has 0 saturated heterocycles. The highest BCUT2D eigenvalue weighted by Gasteiger charge is 2.14. The molecule has 18 heavy (non-hydrogen) atoms. The van der Waals surface area contributed by atoms with E-state index in [0.29, 0.717) is 12.4 Å². The third kappa shape index (κ3) is 2.41. The van der Waals surface area contributed by atoms with E-state index in [9.17, 15) is 4.39 Å². The van der Waals surface area contributed by atoms with Crippen LogP contribution in [0.4, 0.5) is 4.39 Å². The molecular weight excluding hydrogens is 231 g/mol. The van der Waals surface area contributed by atoms with Crippen molar-refractivity contribution in [2.45, 2.75) is 26.4 Å². The number of hydrogen-bond acceptors (Lipinski definition) is 3. The van der Waals surface area contributed by atoms with Gasteiger partial charge in [-0.05, 0) is 38.6 Å². The Balaban J connectivity index is 2.54. The topological polar surface area (TPSA) is 42.7 Å². The van der Waals surface area contributed by atoms with Crippen molar-refractivity contribution >= 4 is 0 Å². The normalized spacial score (nSPS) is 11.2. The van der Waals surface area contributed by atoms with Gasteiger partial charge < -0.3 is 5.32 Å². The van der Waals surface area contributed by atoms with Crippen LogP contribution in [0.15, 0.2) is 24.5 Å². The fourth-order valence-electron chi connectivity index (χ4n) is 1.92. The van der Waals surface area contributed by atoms with Crippen LogP contribution in [0.5, 0.6) is 0 Å². The summed E-state index contributed by atoms with van der Waals surface area (Å²) in [6, 6.07) is 4.94. The molecule has 4 nitrogen and oxygen atoms in total. The predicted octanol–water partition coefficient (Wildman–Crippen LogP) is 2.38. The zero-order valence-electron chi connectivity index (χ0n) is 10.8. The average Bonchev–Trinajstić information content (AvgIpc) is 2.80. The summed E-state index contributed by atoms with van der Waals surface area (Å²) in [7, 11) is 1.86. The Morgan fingerprint density at radius 2 is 2.17 bits per heavy atom. The van der Waals surface area contributed by atoms with Crippen molar-refractivity contribution in [2.75, 3.05) is 7.05 Å². The first-order valence-electron chi connectivity index (χ1n) is 5.96. The minimum atomic E-state index is -0.261. The molecule has 0 radical (unpaired) electrons. The van der Waals surface area contributed by atoms with Crippen LogP contribution < -0.4 is 5.32 Å². The van der Waals surface area contributed by atoms with Gasteiger partial charge in [-0.25, -0.2) is 14.1 Å². The predicted molar refractivity (Wildman–Crippen MR) is 68.6 cm³/mol. The lowest BCUT2D eigenvalue weighted by Crippen LogP contribution is -2.10. The van der Waals surface area contributed by atoms with Crippen LogP contribution in [-0.4, -0.2) is 21.8 Å². The molecule has 2 rings (SSSR count). The summed E-state index contributed by atoms with van der Waals surface area (Å²) >= 11 is 0. The largest absolute Gasteiger partial charge is 0.316 e. The van der Waals surface area contributed by atoms with E-state index in [-0.39, 0.29) is 11.9 Å². The summed E-state index contributed by atoms with van der Waals surface area (Å²) in [5.41, 5.74) is 1.80. The third-order valence-electron chi connectivity index (χ3n) is 2.74. The van der Waals surface area contributed by atoms with Crippen LogP contribution in [0.2, 0.25) is 0 Å². The maximum atomic E-state index is 13.4. The highest BCUT2D eigenvalue weighted by Crippen LogP contribution is 2.24. The molecule has 1 aromatic carbocycles. The van der Waals surface area contributed by atoms with Gasteiger partial charge in [0.2, 0.25) is 0 Å². The second kappa shape index (κ2) is 5.27. The molecule has 5 heteroatoms. The van der Waals surface area contributed by atoms with Crippen molar-refractivity contribution in [3.8, 4) is 11.4 Å². The Labute approximate surface area is 106 Å². The van der Waals surface area contributed by atoms with Crippen molar-refractivity contribution in [2.24, 2.45) is 0 Å². The first-order valence-corrected chi connectivity index (χ1v) is 5.96. The zero-order valence-corrected chi connectivity index (χ0v) is 10.8. The molecule has 0 amide bonds. The van der Waals surface area contributed by atoms with Gasteiger partial charge in [0.05, 0.1) is 0 Å². The van der Waals surface area contributed by atoms with Crippen molar-refractivity contribution < 1.29 is 4.39 Å². The van der Waals surface area contributed by atoms with E-state index in [1.54, 1.807) is 10.7 Å². The van der Waals surface area contributed by atoms with Gasteiger partial charge in [-0.1, -0.05) is 6.07 Å². The summed E-state index contributed by atoms with van der Waals surface area (Å²) in [5, 5.41) is 7.26. The molecular formula is C13H17FN4. The maximum Gasteiger partial charge on any atom is 0.158 e. The molecule has 0 saturated carbocycles. The molecule has 1 N–H and O–H groups in total. The molecule has 0 bridgehead atoms. The molecule has 0 spiro atoms. The Morgan fingerprint density at radius 1 is 1.39 bits per heavy atom. The van der Waals surface area contributed by atoms with E-state index in [1.807, 2.05) is 20.9 Å². The van der Waals surface area contributed by atoms with E-state index >= 15 is 0 Å². The van der Waals surface area contributed by atoms with Crippen molar-refractivity contribution in [3.63, 3.8) is 0 Å². The standard InChI is InChI=1S/C13H17FN4/c1-9(2)18-13(16-8-17-18)12-6-11(14)5-4-10(12)7-15-3/h4-6,8-9,15H,7H2,1-3H3. The van der Waals surface area contributed by atoms with E-state index in [4.69, 9.17) is 0 Å². The lowest BCUT2D eigenvalue weighted by atomic mass is 10.1. The first-order chi connectivity index (χ1) is 8.63. The van der Waals surface area contributed by atoms with Gasteiger partial charge in [-0.15, -0.1) is 0 Å². The highest BCUT2D eigenvalue weighted by atomic mass is 19.1. The minimum Gasteiger partial charge on any atom is -0.316 e. The van der Waals surface area contributed by atoms with Gasteiger partial charge in [-0.2, -0.15) is 5.10 Å². The molecule has 0 aliphatic rings. The van der Waals surface area contributed by atoms with Crippen LogP contribution in [0.25, 0.3) is 11.4 Å². The van der Waals surface area contributed by atoms with Crippen LogP contribution in [0.1, 0.15) is 25.5 Å². The first kappa shape index (κ1) is 12.7. The van der Waals surface area contributed by atoms with Gasteiger partial charge in [0.1, 0.15) is 12.1 Å². The summed E-state index contributed by atoms with van der Waals surface area (Å²) in [4.78, 5) is 4.25. The molecule has 0 unspecified atom stereocenters. The third-order valence-corrected chi connectivity index (χ3v) is 2.74. The van der Waals surface area contributed by atoms with Gasteiger partial charge in [0, 0.05) is 18.2 Å². The molecule has 0 aliphatic carbocycles. The van der Waals surface area contributed by atoms with Crippen molar-refractivity contribution in [3.05, 3.63) is 35.9 Å². The van der Waals surface area contributed by atoms with Crippen LogP contribution in [-0.2, 0) is 6.54 Å². The van der Waals surface area contributed by atoms with Crippen molar-refractivity contribution in [1.82, 2.24) is 20.1 Å². The fourth-order valence-corrected chi connectivity index (χ4v) is 1.92. The average molecular weight is 248 g/mol. The molecule has 1 heterocycles. The smallest absolute Gasteiger partial charge is 0.158 e. The highest BCUT2D eigenvalue weighted by molar-refractivity contribution is 5.60. The number of halogens is 1. The lowest BCUT2D eigenvalue weighted by Gasteiger charge is -2.12. The summed E-state index contributed by atoms with van der Waals surface area (Å²) in [6.07, 6.45) is 1.50. The number of benzene rings is 1. The van der Waals surface area contributed by atoms with Crippen LogP contribution in [0, 0.1) is 5.82 Å². The fraction of sp³-hybridized carbons (Fsp3) is 0.385. The Morgan fingerprint density at radius 3 is 2.83 bits per heavy atom. The lowest BCUT2D eigenvalue weighted by molar-refractivity contribution is 0.536. The maximum absolute atomic E-state index is 13.4. The number of nitrogens with one attached hydrogen (secondary N) is 1. The Hall–Kier alpha value is -1.75. The number of rotatable bonds is 4. The van der Waals surface area contributed by atoms with Gasteiger partial charge in [0.25, 0.3) is 0 Å². The molecule has 96 valence electrons. The van der Waals surface area contributed by atoms with Gasteiger partial charge in [-0.3, -0.25) is 0 Å².